The van der Waals surface area contributed by atoms with Gasteiger partial charge in [0, 0.05) is 22.4 Å². The standard InChI is InChI=1S/2C21H14N.2ClH.Hf/c2*1-2-9-16(10-3-1)22-20-13-7-6-12-18(20)19-14-15-8-4-5-11-17(15)21(19)22;;;/h2*1-14H;2*1H;/q2*-1;;;+4/p-2. The number of hydrogen-bond donors (Lipinski definition) is 0. The Labute approximate surface area is 304 Å². The molecule has 0 N–H and O–H groups in total. The molecular weight excluding hydrogens is 782 g/mol. The number of nitrogens with zero attached hydrogens (tertiary/aromatic N) is 2. The average Bonchev–Trinajstić information content (AvgIpc) is 3.83. The van der Waals surface area contributed by atoms with Crippen LogP contribution in [0.3, 0.4) is 0 Å². The fraction of sp³-hybridized carbons (Fsp3) is 0. The van der Waals surface area contributed by atoms with Gasteiger partial charge >= 0.3 is 25.8 Å². The van der Waals surface area contributed by atoms with E-state index in [1.165, 1.54) is 76.5 Å². The number of rotatable bonds is 2. The largest absolute Gasteiger partial charge is 4.00 e. The van der Waals surface area contributed by atoms with Crippen LogP contribution < -0.4 is 24.8 Å². The van der Waals surface area contributed by atoms with Gasteiger partial charge in [-0.1, -0.05) is 142 Å². The summed E-state index contributed by atoms with van der Waals surface area (Å²) in [5, 5.41) is 10.6. The van der Waals surface area contributed by atoms with Crippen LogP contribution in [0, 0.1) is 0 Å². The Morgan fingerprint density at radius 1 is 0.340 bits per heavy atom. The van der Waals surface area contributed by atoms with Gasteiger partial charge in [0.15, 0.2) is 0 Å². The molecule has 0 amide bonds. The van der Waals surface area contributed by atoms with Crippen LogP contribution in [0.15, 0.2) is 170 Å². The monoisotopic (exact) mass is 810 g/mol. The van der Waals surface area contributed by atoms with Gasteiger partial charge in [0.05, 0.1) is 0 Å². The molecule has 0 saturated heterocycles. The Bertz CT molecular complexity index is 2410. The van der Waals surface area contributed by atoms with Gasteiger partial charge < -0.3 is 33.9 Å². The summed E-state index contributed by atoms with van der Waals surface area (Å²) in [6, 6.07) is 60.4. The van der Waals surface area contributed by atoms with Crippen LogP contribution in [0.25, 0.3) is 76.5 Å². The molecule has 47 heavy (non-hydrogen) atoms. The molecule has 10 rings (SSSR count). The van der Waals surface area contributed by atoms with E-state index in [4.69, 9.17) is 0 Å². The Kier molecular flexibility index (Phi) is 9.25. The Balaban J connectivity index is 0.000000155. The molecule has 0 aliphatic carbocycles. The van der Waals surface area contributed by atoms with E-state index in [1.54, 1.807) is 0 Å². The minimum absolute atomic E-state index is 0. The molecule has 0 aliphatic heterocycles. The summed E-state index contributed by atoms with van der Waals surface area (Å²) in [6.07, 6.45) is 0. The van der Waals surface area contributed by atoms with Crippen molar-refractivity contribution >= 4 is 65.2 Å². The van der Waals surface area contributed by atoms with Crippen LogP contribution in [0.2, 0.25) is 0 Å². The molecule has 224 valence electrons. The molecule has 2 nitrogen and oxygen atoms in total. The van der Waals surface area contributed by atoms with Crippen LogP contribution in [-0.4, -0.2) is 9.13 Å². The van der Waals surface area contributed by atoms with Crippen LogP contribution >= 0.6 is 0 Å². The maximum atomic E-state index is 2.38. The number of hydrogen-bond acceptors (Lipinski definition) is 0. The molecule has 0 unspecified atom stereocenters. The SMILES string of the molecule is [Cl-].[Cl-].[Hf+4].c1ccc(-n2c3ccccc3c3[cH-]c4ccccc4c32)cc1.c1ccc(-n2c3ccccc3c3[cH-]c4ccccc4c32)cc1. The Hall–Kier alpha value is -4.41. The predicted molar refractivity (Wildman–Crippen MR) is 188 cm³/mol. The first kappa shape index (κ1) is 32.5. The molecule has 0 atom stereocenters. The molecule has 0 saturated carbocycles. The van der Waals surface area contributed by atoms with Gasteiger partial charge in [-0.05, 0) is 47.4 Å². The second kappa shape index (κ2) is 13.4. The van der Waals surface area contributed by atoms with Crippen molar-refractivity contribution in [2.45, 2.75) is 0 Å². The summed E-state index contributed by atoms with van der Waals surface area (Å²) in [6.45, 7) is 0. The van der Waals surface area contributed by atoms with Crippen molar-refractivity contribution in [1.82, 2.24) is 9.13 Å². The molecule has 0 bridgehead atoms. The zero-order valence-corrected chi connectivity index (χ0v) is 30.4. The van der Waals surface area contributed by atoms with Crippen LogP contribution in [-0.2, 0) is 25.8 Å². The molecule has 10 aromatic rings. The molecule has 8 aromatic carbocycles. The number of aromatic nitrogens is 2. The smallest absolute Gasteiger partial charge is 1.00 e. The van der Waals surface area contributed by atoms with E-state index >= 15 is 0 Å². The van der Waals surface area contributed by atoms with Gasteiger partial charge in [0.25, 0.3) is 0 Å². The normalized spacial score (nSPS) is 10.9. The van der Waals surface area contributed by atoms with Gasteiger partial charge in [-0.2, -0.15) is 0 Å². The molecular formula is C42H28Cl2HfN2. The summed E-state index contributed by atoms with van der Waals surface area (Å²) in [5.41, 5.74) is 7.58. The van der Waals surface area contributed by atoms with Gasteiger partial charge in [0.1, 0.15) is 0 Å². The molecule has 0 fully saturated rings. The number of fused-ring (bicyclic) bond motifs is 10. The summed E-state index contributed by atoms with van der Waals surface area (Å²) in [5.74, 6) is 0. The Morgan fingerprint density at radius 3 is 1.06 bits per heavy atom. The summed E-state index contributed by atoms with van der Waals surface area (Å²) in [7, 11) is 0. The topological polar surface area (TPSA) is 9.86 Å². The third-order valence-electron chi connectivity index (χ3n) is 8.89. The van der Waals surface area contributed by atoms with E-state index in [1.807, 2.05) is 0 Å². The minimum Gasteiger partial charge on any atom is -1.00 e. The number of benzene rings is 6. The fourth-order valence-electron chi connectivity index (χ4n) is 7.03. The number of halogens is 2. The van der Waals surface area contributed by atoms with E-state index < -0.39 is 0 Å². The second-order valence-corrected chi connectivity index (χ2v) is 11.4. The molecule has 0 spiro atoms. The summed E-state index contributed by atoms with van der Waals surface area (Å²) >= 11 is 0. The third-order valence-corrected chi connectivity index (χ3v) is 8.89. The quantitative estimate of drug-likeness (QED) is 0.166. The average molecular weight is 810 g/mol. The molecule has 2 aromatic heterocycles. The van der Waals surface area contributed by atoms with Crippen molar-refractivity contribution in [3.63, 3.8) is 0 Å². The maximum Gasteiger partial charge on any atom is 4.00 e. The van der Waals surface area contributed by atoms with Crippen molar-refractivity contribution in [3.8, 4) is 11.4 Å². The van der Waals surface area contributed by atoms with Gasteiger partial charge in [0.2, 0.25) is 0 Å². The van der Waals surface area contributed by atoms with Crippen molar-refractivity contribution < 1.29 is 50.7 Å². The second-order valence-electron chi connectivity index (χ2n) is 11.4. The maximum absolute atomic E-state index is 2.38. The first-order chi connectivity index (χ1) is 21.9. The van der Waals surface area contributed by atoms with Crippen molar-refractivity contribution in [3.05, 3.63) is 170 Å². The van der Waals surface area contributed by atoms with Crippen LogP contribution in [0.1, 0.15) is 0 Å². The molecule has 0 radical (unpaired) electrons. The first-order valence-corrected chi connectivity index (χ1v) is 15.1. The van der Waals surface area contributed by atoms with E-state index in [9.17, 15) is 0 Å². The van der Waals surface area contributed by atoms with Gasteiger partial charge in [-0.3, -0.25) is 0 Å². The zero-order chi connectivity index (χ0) is 29.0. The van der Waals surface area contributed by atoms with E-state index in [0.717, 1.165) is 0 Å². The summed E-state index contributed by atoms with van der Waals surface area (Å²) in [4.78, 5) is 0. The van der Waals surface area contributed by atoms with Crippen LogP contribution in [0.5, 0.6) is 0 Å². The van der Waals surface area contributed by atoms with Crippen molar-refractivity contribution in [2.75, 3.05) is 0 Å². The minimum atomic E-state index is 0. The molecule has 0 aliphatic rings. The van der Waals surface area contributed by atoms with Crippen molar-refractivity contribution in [2.24, 2.45) is 0 Å². The van der Waals surface area contributed by atoms with Crippen molar-refractivity contribution in [1.29, 1.82) is 0 Å². The Morgan fingerprint density at radius 2 is 0.660 bits per heavy atom. The van der Waals surface area contributed by atoms with Gasteiger partial charge in [-0.15, -0.1) is 35.0 Å². The zero-order valence-electron chi connectivity index (χ0n) is 25.3. The number of para-hydroxylation sites is 4. The molecule has 5 heteroatoms. The van der Waals surface area contributed by atoms with E-state index in [2.05, 4.69) is 179 Å². The molecule has 2 heterocycles. The summed E-state index contributed by atoms with van der Waals surface area (Å²) < 4.78 is 4.76. The predicted octanol–water partition coefficient (Wildman–Crippen LogP) is 5.32. The van der Waals surface area contributed by atoms with Crippen LogP contribution in [0.4, 0.5) is 0 Å². The van der Waals surface area contributed by atoms with E-state index in [0.29, 0.717) is 0 Å². The first-order valence-electron chi connectivity index (χ1n) is 15.1. The van der Waals surface area contributed by atoms with E-state index in [-0.39, 0.29) is 50.7 Å². The van der Waals surface area contributed by atoms with Gasteiger partial charge in [-0.25, -0.2) is 0 Å². The third kappa shape index (κ3) is 5.23. The fourth-order valence-corrected chi connectivity index (χ4v) is 7.03.